The van der Waals surface area contributed by atoms with Crippen molar-refractivity contribution in [3.63, 3.8) is 0 Å². The van der Waals surface area contributed by atoms with Gasteiger partial charge in [-0.3, -0.25) is 0 Å². The number of hydrogen-bond donors (Lipinski definition) is 2. The summed E-state index contributed by atoms with van der Waals surface area (Å²) in [5, 5.41) is 5.28. The van der Waals surface area contributed by atoms with Crippen molar-refractivity contribution in [3.05, 3.63) is 29.8 Å². The highest BCUT2D eigenvalue weighted by Gasteiger charge is 2.50. The van der Waals surface area contributed by atoms with E-state index in [-0.39, 0.29) is 13.0 Å². The molecule has 2 N–H and O–H groups in total. The van der Waals surface area contributed by atoms with E-state index in [4.69, 9.17) is 18.9 Å². The summed E-state index contributed by atoms with van der Waals surface area (Å²) in [5.74, 6) is -3.03. The molecule has 1 aliphatic heterocycles. The Hall–Kier alpha value is -3.30. The lowest BCUT2D eigenvalue weighted by atomic mass is 10.1. The standard InChI is InChI=1S/C21H26N2O8/c1-3-29-20(27)23-15(17(24)28-2)12-13-6-8-14(9-7-13)22-16-18(25)30-21(31-19(16)26)10-4-5-11-21/h6-9,15-16,22H,3-5,10-12H2,1-2H3,(H,23,27). The van der Waals surface area contributed by atoms with Gasteiger partial charge in [-0.25, -0.2) is 19.2 Å². The first-order chi connectivity index (χ1) is 14.9. The monoisotopic (exact) mass is 434 g/mol. The summed E-state index contributed by atoms with van der Waals surface area (Å²) in [5.41, 5.74) is 1.22. The number of carbonyl (C=O) groups is 4. The van der Waals surface area contributed by atoms with E-state index in [0.29, 0.717) is 18.5 Å². The number of rotatable bonds is 7. The van der Waals surface area contributed by atoms with Crippen LogP contribution in [0.25, 0.3) is 0 Å². The number of ether oxygens (including phenoxy) is 4. The maximum Gasteiger partial charge on any atom is 0.407 e. The molecule has 1 amide bonds. The van der Waals surface area contributed by atoms with E-state index in [0.717, 1.165) is 18.4 Å². The first-order valence-corrected chi connectivity index (χ1v) is 10.2. The van der Waals surface area contributed by atoms with E-state index in [1.165, 1.54) is 7.11 Å². The van der Waals surface area contributed by atoms with Gasteiger partial charge in [0, 0.05) is 24.9 Å². The minimum absolute atomic E-state index is 0.168. The summed E-state index contributed by atoms with van der Waals surface area (Å²) in [4.78, 5) is 48.3. The molecule has 10 nitrogen and oxygen atoms in total. The number of carbonyl (C=O) groups excluding carboxylic acids is 4. The first-order valence-electron chi connectivity index (χ1n) is 10.2. The molecule has 2 aliphatic rings. The Morgan fingerprint density at radius 1 is 1.13 bits per heavy atom. The third kappa shape index (κ3) is 5.44. The topological polar surface area (TPSA) is 129 Å². The van der Waals surface area contributed by atoms with Crippen molar-refractivity contribution < 1.29 is 38.1 Å². The molecule has 1 saturated heterocycles. The lowest BCUT2D eigenvalue weighted by Crippen LogP contribution is -2.54. The molecule has 31 heavy (non-hydrogen) atoms. The fraction of sp³-hybridized carbons (Fsp3) is 0.524. The quantitative estimate of drug-likeness (QED) is 0.374. The van der Waals surface area contributed by atoms with Gasteiger partial charge in [0.25, 0.3) is 5.79 Å². The molecule has 1 atom stereocenters. The molecule has 1 aromatic carbocycles. The minimum Gasteiger partial charge on any atom is -0.467 e. The summed E-state index contributed by atoms with van der Waals surface area (Å²) in [6, 6.07) is 4.52. The summed E-state index contributed by atoms with van der Waals surface area (Å²) in [7, 11) is 1.23. The van der Waals surface area contributed by atoms with Crippen LogP contribution in [0.2, 0.25) is 0 Å². The number of alkyl carbamates (subject to hydrolysis) is 1. The highest BCUT2D eigenvalue weighted by atomic mass is 16.7. The third-order valence-corrected chi connectivity index (χ3v) is 5.17. The van der Waals surface area contributed by atoms with Crippen LogP contribution in [0.4, 0.5) is 10.5 Å². The van der Waals surface area contributed by atoms with Gasteiger partial charge in [-0.2, -0.15) is 0 Å². The minimum atomic E-state index is -1.25. The molecule has 1 spiro atoms. The van der Waals surface area contributed by atoms with Gasteiger partial charge in [0.05, 0.1) is 13.7 Å². The van der Waals surface area contributed by atoms with Crippen LogP contribution in [0.3, 0.4) is 0 Å². The average Bonchev–Trinajstić information content (AvgIpc) is 3.18. The molecule has 1 aromatic rings. The van der Waals surface area contributed by atoms with Crippen LogP contribution in [0.1, 0.15) is 38.2 Å². The summed E-state index contributed by atoms with van der Waals surface area (Å²) in [6.45, 7) is 1.83. The summed E-state index contributed by atoms with van der Waals surface area (Å²) in [6.07, 6.45) is 2.18. The van der Waals surface area contributed by atoms with E-state index in [1.807, 2.05) is 0 Å². The van der Waals surface area contributed by atoms with Crippen LogP contribution in [-0.4, -0.2) is 55.6 Å². The molecule has 2 fully saturated rings. The largest absolute Gasteiger partial charge is 0.467 e. The molecule has 0 bridgehead atoms. The fourth-order valence-corrected chi connectivity index (χ4v) is 3.63. The van der Waals surface area contributed by atoms with Gasteiger partial charge in [-0.15, -0.1) is 0 Å². The molecule has 10 heteroatoms. The molecule has 0 radical (unpaired) electrons. The zero-order chi connectivity index (χ0) is 22.4. The fourth-order valence-electron chi connectivity index (χ4n) is 3.63. The van der Waals surface area contributed by atoms with E-state index in [9.17, 15) is 19.2 Å². The van der Waals surface area contributed by atoms with Crippen molar-refractivity contribution in [2.45, 2.75) is 56.9 Å². The van der Waals surface area contributed by atoms with E-state index in [2.05, 4.69) is 10.6 Å². The Labute approximate surface area is 179 Å². The average molecular weight is 434 g/mol. The number of anilines is 1. The number of esters is 3. The normalized spacial score (nSPS) is 18.6. The van der Waals surface area contributed by atoms with Crippen molar-refractivity contribution >= 4 is 29.7 Å². The highest BCUT2D eigenvalue weighted by molar-refractivity contribution is 6.03. The molecule has 1 aliphatic carbocycles. The van der Waals surface area contributed by atoms with E-state index < -0.39 is 41.9 Å². The molecule has 1 heterocycles. The molecule has 0 aromatic heterocycles. The van der Waals surface area contributed by atoms with Crippen LogP contribution < -0.4 is 10.6 Å². The molecule has 3 rings (SSSR count). The molecule has 168 valence electrons. The van der Waals surface area contributed by atoms with Gasteiger partial charge in [-0.1, -0.05) is 12.1 Å². The predicted molar refractivity (Wildman–Crippen MR) is 107 cm³/mol. The maximum atomic E-state index is 12.4. The Bertz CT molecular complexity index is 812. The number of amides is 1. The van der Waals surface area contributed by atoms with Crippen LogP contribution >= 0.6 is 0 Å². The molecule has 1 unspecified atom stereocenters. The summed E-state index contributed by atoms with van der Waals surface area (Å²) >= 11 is 0. The van der Waals surface area contributed by atoms with Gasteiger partial charge in [0.1, 0.15) is 6.04 Å². The molecule has 1 saturated carbocycles. The maximum absolute atomic E-state index is 12.4. The zero-order valence-electron chi connectivity index (χ0n) is 17.5. The van der Waals surface area contributed by atoms with Crippen LogP contribution in [-0.2, 0) is 39.8 Å². The second kappa shape index (κ2) is 9.67. The van der Waals surface area contributed by atoms with Crippen LogP contribution in [0.5, 0.6) is 0 Å². The third-order valence-electron chi connectivity index (χ3n) is 5.17. The number of hydrogen-bond acceptors (Lipinski definition) is 9. The van der Waals surface area contributed by atoms with Crippen LogP contribution in [0.15, 0.2) is 24.3 Å². The first kappa shape index (κ1) is 22.4. The molecular formula is C21H26N2O8. The number of benzene rings is 1. The van der Waals surface area contributed by atoms with Gasteiger partial charge >= 0.3 is 24.0 Å². The summed E-state index contributed by atoms with van der Waals surface area (Å²) < 4.78 is 20.4. The van der Waals surface area contributed by atoms with Crippen molar-refractivity contribution in [1.82, 2.24) is 5.32 Å². The zero-order valence-corrected chi connectivity index (χ0v) is 17.5. The van der Waals surface area contributed by atoms with Gasteiger partial charge in [-0.05, 0) is 37.5 Å². The SMILES string of the molecule is CCOC(=O)NC(Cc1ccc(NC2C(=O)OC3(CCCC3)OC2=O)cc1)C(=O)OC. The lowest BCUT2D eigenvalue weighted by molar-refractivity contribution is -0.243. The van der Waals surface area contributed by atoms with Crippen molar-refractivity contribution in [2.24, 2.45) is 0 Å². The van der Waals surface area contributed by atoms with Crippen molar-refractivity contribution in [1.29, 1.82) is 0 Å². The number of methoxy groups -OCH3 is 1. The number of nitrogens with one attached hydrogen (secondary N) is 2. The predicted octanol–water partition coefficient (Wildman–Crippen LogP) is 1.67. The Kier molecular flexibility index (Phi) is 6.98. The Morgan fingerprint density at radius 3 is 2.29 bits per heavy atom. The smallest absolute Gasteiger partial charge is 0.407 e. The van der Waals surface area contributed by atoms with E-state index >= 15 is 0 Å². The molecular weight excluding hydrogens is 408 g/mol. The van der Waals surface area contributed by atoms with Gasteiger partial charge in [0.15, 0.2) is 0 Å². The van der Waals surface area contributed by atoms with E-state index in [1.54, 1.807) is 31.2 Å². The second-order valence-corrected chi connectivity index (χ2v) is 7.38. The lowest BCUT2D eigenvalue weighted by Gasteiger charge is -2.35. The highest BCUT2D eigenvalue weighted by Crippen LogP contribution is 2.37. The van der Waals surface area contributed by atoms with Crippen LogP contribution in [0, 0.1) is 0 Å². The van der Waals surface area contributed by atoms with Gasteiger partial charge < -0.3 is 29.6 Å². The van der Waals surface area contributed by atoms with Gasteiger partial charge in [0.2, 0.25) is 6.04 Å². The van der Waals surface area contributed by atoms with Crippen molar-refractivity contribution in [3.8, 4) is 0 Å². The second-order valence-electron chi connectivity index (χ2n) is 7.38. The Balaban J connectivity index is 1.61. The Morgan fingerprint density at radius 2 is 1.74 bits per heavy atom. The van der Waals surface area contributed by atoms with Crippen molar-refractivity contribution in [2.75, 3.05) is 19.0 Å².